The van der Waals surface area contributed by atoms with Gasteiger partial charge < -0.3 is 14.6 Å². The van der Waals surface area contributed by atoms with Gasteiger partial charge >= 0.3 is 0 Å². The molecule has 0 bridgehead atoms. The zero-order valence-corrected chi connectivity index (χ0v) is 25.9. The first-order valence-corrected chi connectivity index (χ1v) is 15.2. The number of aromatic nitrogens is 2. The summed E-state index contributed by atoms with van der Waals surface area (Å²) in [4.78, 5) is 24.2. The molecule has 0 radical (unpaired) electrons. The second-order valence-corrected chi connectivity index (χ2v) is 12.6. The molecule has 1 N–H and O–H groups in total. The maximum absolute atomic E-state index is 11.8. The molecule has 2 aromatic carbocycles. The summed E-state index contributed by atoms with van der Waals surface area (Å²) < 4.78 is 6.16. The van der Waals surface area contributed by atoms with Crippen LogP contribution in [0.15, 0.2) is 72.6 Å². The van der Waals surface area contributed by atoms with Crippen LogP contribution in [0.5, 0.6) is 11.5 Å². The number of aromatic amines is 1. The second-order valence-electron chi connectivity index (χ2n) is 12.1. The number of nitrogens with one attached hydrogen (secondary N) is 1. The summed E-state index contributed by atoms with van der Waals surface area (Å²) in [5.74, 6) is 1.15. The van der Waals surface area contributed by atoms with Gasteiger partial charge in [0, 0.05) is 61.1 Å². The van der Waals surface area contributed by atoms with Crippen molar-refractivity contribution < 1.29 is 9.53 Å². The van der Waals surface area contributed by atoms with E-state index in [2.05, 4.69) is 59.6 Å². The van der Waals surface area contributed by atoms with Gasteiger partial charge in [-0.15, -0.1) is 0 Å². The van der Waals surface area contributed by atoms with Crippen LogP contribution in [0.3, 0.4) is 0 Å². The van der Waals surface area contributed by atoms with E-state index in [1.165, 1.54) is 29.6 Å². The van der Waals surface area contributed by atoms with Gasteiger partial charge in [0.1, 0.15) is 17.1 Å². The highest BCUT2D eigenvalue weighted by atomic mass is 35.5. The summed E-state index contributed by atoms with van der Waals surface area (Å²) in [6.45, 7) is 14.0. The number of aldehydes is 1. The number of ether oxygens (including phenoxy) is 1. The van der Waals surface area contributed by atoms with Gasteiger partial charge in [-0.2, -0.15) is 0 Å². The Morgan fingerprint density at radius 2 is 1.83 bits per heavy atom. The van der Waals surface area contributed by atoms with E-state index >= 15 is 0 Å². The van der Waals surface area contributed by atoms with E-state index in [0.717, 1.165) is 67.2 Å². The fourth-order valence-electron chi connectivity index (χ4n) is 6.00. The van der Waals surface area contributed by atoms with E-state index < -0.39 is 0 Å². The van der Waals surface area contributed by atoms with Gasteiger partial charge in [-0.1, -0.05) is 56.5 Å². The third kappa shape index (κ3) is 7.23. The molecular formula is C35H41ClN4O2. The second kappa shape index (κ2) is 13.1. The van der Waals surface area contributed by atoms with Gasteiger partial charge in [-0.05, 0) is 72.7 Å². The third-order valence-corrected chi connectivity index (χ3v) is 8.47. The number of H-pyrrole nitrogens is 1. The molecule has 6 nitrogen and oxygen atoms in total. The zero-order chi connectivity index (χ0) is 29.7. The van der Waals surface area contributed by atoms with Crippen molar-refractivity contribution in [2.45, 2.75) is 47.0 Å². The molecule has 220 valence electrons. The molecule has 1 fully saturated rings. The average molecular weight is 585 g/mol. The SMILES string of the molecule is CCCC(C)(C)C/C(=C(\C)CN1CCN(c2ccc(C=O)c(Oc3cnc4[nH]ccc4c3)c2)CC1)c1ccc(Cl)cc1. The fourth-order valence-corrected chi connectivity index (χ4v) is 6.12. The van der Waals surface area contributed by atoms with Gasteiger partial charge in [0.2, 0.25) is 0 Å². The molecule has 0 unspecified atom stereocenters. The van der Waals surface area contributed by atoms with Crippen molar-refractivity contribution in [3.05, 3.63) is 88.7 Å². The highest BCUT2D eigenvalue weighted by Crippen LogP contribution is 2.37. The monoisotopic (exact) mass is 584 g/mol. The number of halogens is 1. The average Bonchev–Trinajstić information content (AvgIpc) is 3.45. The van der Waals surface area contributed by atoms with Crippen molar-refractivity contribution in [3.63, 3.8) is 0 Å². The fraction of sp³-hybridized carbons (Fsp3) is 0.371. The smallest absolute Gasteiger partial charge is 0.153 e. The Balaban J connectivity index is 1.28. The number of hydrogen-bond donors (Lipinski definition) is 1. The molecule has 4 aromatic rings. The van der Waals surface area contributed by atoms with Gasteiger partial charge in [-0.25, -0.2) is 4.98 Å². The number of benzene rings is 2. The molecule has 0 saturated carbocycles. The highest BCUT2D eigenvalue weighted by Gasteiger charge is 2.23. The van der Waals surface area contributed by atoms with Crippen molar-refractivity contribution in [2.75, 3.05) is 37.6 Å². The minimum absolute atomic E-state index is 0.237. The molecule has 3 heterocycles. The number of piperazine rings is 1. The van der Waals surface area contributed by atoms with Crippen LogP contribution in [0.1, 0.15) is 62.9 Å². The molecule has 0 aliphatic carbocycles. The molecule has 0 atom stereocenters. The Hall–Kier alpha value is -3.61. The Morgan fingerprint density at radius 3 is 2.55 bits per heavy atom. The maximum atomic E-state index is 11.8. The number of fused-ring (bicyclic) bond motifs is 1. The number of pyridine rings is 1. The van der Waals surface area contributed by atoms with Crippen LogP contribution in [0, 0.1) is 5.41 Å². The first-order valence-electron chi connectivity index (χ1n) is 14.9. The van der Waals surface area contributed by atoms with Gasteiger partial charge in [-0.3, -0.25) is 9.69 Å². The summed E-state index contributed by atoms with van der Waals surface area (Å²) in [5.41, 5.74) is 6.75. The number of anilines is 1. The number of hydrogen-bond acceptors (Lipinski definition) is 5. The van der Waals surface area contributed by atoms with E-state index in [1.807, 2.05) is 48.7 Å². The van der Waals surface area contributed by atoms with Crippen molar-refractivity contribution in [1.29, 1.82) is 0 Å². The van der Waals surface area contributed by atoms with E-state index in [4.69, 9.17) is 16.3 Å². The lowest BCUT2D eigenvalue weighted by atomic mass is 9.78. The molecule has 0 spiro atoms. The summed E-state index contributed by atoms with van der Waals surface area (Å²) in [6, 6.07) is 18.0. The van der Waals surface area contributed by atoms with Crippen LogP contribution in [-0.2, 0) is 0 Å². The van der Waals surface area contributed by atoms with Gasteiger partial charge in [0.15, 0.2) is 6.29 Å². The Bertz CT molecular complexity index is 1550. The predicted octanol–water partition coefficient (Wildman–Crippen LogP) is 8.63. The van der Waals surface area contributed by atoms with Crippen LogP contribution in [0.4, 0.5) is 5.69 Å². The summed E-state index contributed by atoms with van der Waals surface area (Å²) in [6.07, 6.45) is 7.79. The molecule has 1 saturated heterocycles. The largest absolute Gasteiger partial charge is 0.455 e. The molecule has 0 amide bonds. The van der Waals surface area contributed by atoms with Crippen LogP contribution in [0.2, 0.25) is 5.02 Å². The van der Waals surface area contributed by atoms with Crippen molar-refractivity contribution >= 4 is 40.2 Å². The standard InChI is InChI=1S/C35H41ClN4O2/c1-5-13-35(3,4)21-32(26-6-9-29(36)10-7-26)25(2)23-39-15-17-40(18-16-39)30-11-8-28(24-41)33(20-30)42-31-19-27-12-14-37-34(27)38-22-31/h6-12,14,19-20,22,24H,5,13,15-18,21,23H2,1-4H3,(H,37,38)/b32-25-. The summed E-state index contributed by atoms with van der Waals surface area (Å²) in [7, 11) is 0. The normalized spacial score (nSPS) is 15.1. The predicted molar refractivity (Wildman–Crippen MR) is 174 cm³/mol. The number of carbonyl (C=O) groups excluding carboxylic acids is 1. The van der Waals surface area contributed by atoms with Crippen molar-refractivity contribution in [1.82, 2.24) is 14.9 Å². The molecule has 42 heavy (non-hydrogen) atoms. The Kier molecular flexibility index (Phi) is 9.34. The minimum atomic E-state index is 0.237. The molecule has 1 aliphatic rings. The maximum Gasteiger partial charge on any atom is 0.153 e. The van der Waals surface area contributed by atoms with Crippen LogP contribution in [0.25, 0.3) is 16.6 Å². The number of nitrogens with zero attached hydrogens (tertiary/aromatic N) is 3. The minimum Gasteiger partial charge on any atom is -0.455 e. The van der Waals surface area contributed by atoms with E-state index in [9.17, 15) is 4.79 Å². The molecule has 5 rings (SSSR count). The summed E-state index contributed by atoms with van der Waals surface area (Å²) >= 11 is 6.22. The molecule has 7 heteroatoms. The Labute approximate surface area is 254 Å². The lowest BCUT2D eigenvalue weighted by Crippen LogP contribution is -2.46. The lowest BCUT2D eigenvalue weighted by Gasteiger charge is -2.37. The van der Waals surface area contributed by atoms with E-state index in [1.54, 1.807) is 6.20 Å². The first-order chi connectivity index (χ1) is 20.2. The van der Waals surface area contributed by atoms with Crippen LogP contribution in [-0.4, -0.2) is 53.9 Å². The first kappa shape index (κ1) is 29.9. The van der Waals surface area contributed by atoms with Crippen LogP contribution >= 0.6 is 11.6 Å². The summed E-state index contributed by atoms with van der Waals surface area (Å²) in [5, 5.41) is 1.73. The van der Waals surface area contributed by atoms with E-state index in [0.29, 0.717) is 17.1 Å². The quantitative estimate of drug-likeness (QED) is 0.179. The molecule has 2 aromatic heterocycles. The zero-order valence-electron chi connectivity index (χ0n) is 25.1. The topological polar surface area (TPSA) is 61.5 Å². The molecular weight excluding hydrogens is 544 g/mol. The number of rotatable bonds is 11. The van der Waals surface area contributed by atoms with Crippen LogP contribution < -0.4 is 9.64 Å². The Morgan fingerprint density at radius 1 is 1.07 bits per heavy atom. The molecule has 1 aliphatic heterocycles. The highest BCUT2D eigenvalue weighted by molar-refractivity contribution is 6.30. The van der Waals surface area contributed by atoms with Crippen molar-refractivity contribution in [2.24, 2.45) is 5.41 Å². The number of carbonyl (C=O) groups is 1. The van der Waals surface area contributed by atoms with Gasteiger partial charge in [0.05, 0.1) is 11.8 Å². The van der Waals surface area contributed by atoms with Crippen molar-refractivity contribution in [3.8, 4) is 11.5 Å². The van der Waals surface area contributed by atoms with Gasteiger partial charge in [0.25, 0.3) is 0 Å². The lowest BCUT2D eigenvalue weighted by molar-refractivity contribution is 0.112. The van der Waals surface area contributed by atoms with E-state index in [-0.39, 0.29) is 5.41 Å². The number of allylic oxidation sites excluding steroid dienone is 1. The third-order valence-electron chi connectivity index (χ3n) is 8.22.